The highest BCUT2D eigenvalue weighted by Gasteiger charge is 2.35. The molecule has 0 rings (SSSR count). The highest BCUT2D eigenvalue weighted by molar-refractivity contribution is 6.04. The van der Waals surface area contributed by atoms with Gasteiger partial charge in [-0.25, -0.2) is 0 Å². The first kappa shape index (κ1) is 19.1. The molecule has 0 amide bonds. The van der Waals surface area contributed by atoms with E-state index in [1.54, 1.807) is 0 Å². The van der Waals surface area contributed by atoms with E-state index in [1.807, 2.05) is 0 Å². The molecule has 0 aliphatic carbocycles. The van der Waals surface area contributed by atoms with E-state index in [4.69, 9.17) is 0 Å². The van der Waals surface area contributed by atoms with Gasteiger partial charge in [0.15, 0.2) is 0 Å². The Morgan fingerprint density at radius 2 is 1.05 bits per heavy atom. The van der Waals surface area contributed by atoms with Crippen LogP contribution in [-0.2, 0) is 0 Å². The fourth-order valence-electron chi connectivity index (χ4n) is 2.01. The lowest BCUT2D eigenvalue weighted by atomic mass is 10.0. The number of rotatable bonds is 5. The van der Waals surface area contributed by atoms with Gasteiger partial charge in [-0.1, -0.05) is 0 Å². The van der Waals surface area contributed by atoms with Crippen molar-refractivity contribution in [2.45, 2.75) is 84.7 Å². The summed E-state index contributed by atoms with van der Waals surface area (Å²) in [5.74, 6) is -0.282. The zero-order chi connectivity index (χ0) is 15.5. The number of nitrogens with one attached hydrogen (secondary N) is 4. The normalized spacial score (nSPS) is 15.0. The van der Waals surface area contributed by atoms with Crippen LogP contribution >= 0.6 is 0 Å². The van der Waals surface area contributed by atoms with Crippen LogP contribution in [0.15, 0.2) is 0 Å². The topological polar surface area (TPSA) is 48.1 Å². The van der Waals surface area contributed by atoms with E-state index >= 15 is 0 Å². The molecule has 0 fully saturated rings. The third-order valence-electron chi connectivity index (χ3n) is 2.49. The molecule has 5 heteroatoms. The molecule has 4 nitrogen and oxygen atoms in total. The number of hydrogen-bond acceptors (Lipinski definition) is 4. The molecule has 0 bridgehead atoms. The Balaban J connectivity index is 5.07. The van der Waals surface area contributed by atoms with Gasteiger partial charge in [-0.2, -0.15) is 0 Å². The van der Waals surface area contributed by atoms with Crippen LogP contribution in [0.5, 0.6) is 0 Å². The average molecular weight is 289 g/mol. The molecule has 19 heavy (non-hydrogen) atoms. The standard InChI is InChI=1S/C14H36N4Si/c1-11(2,3)15-10-14(18-19,16-12(4,5)6)17-13(7,8)9/h15-18H,10H2,1-9,19H3. The van der Waals surface area contributed by atoms with Crippen molar-refractivity contribution in [1.82, 2.24) is 20.9 Å². The van der Waals surface area contributed by atoms with Gasteiger partial charge in [-0.05, 0) is 62.3 Å². The average Bonchev–Trinajstić information content (AvgIpc) is 2.08. The zero-order valence-corrected chi connectivity index (χ0v) is 16.7. The predicted octanol–water partition coefficient (Wildman–Crippen LogP) is 0.675. The molecule has 0 aliphatic rings. The molecule has 116 valence electrons. The van der Waals surface area contributed by atoms with E-state index in [-0.39, 0.29) is 22.4 Å². The summed E-state index contributed by atoms with van der Waals surface area (Å²) in [7, 11) is 0.919. The Morgan fingerprint density at radius 1 is 0.684 bits per heavy atom. The predicted molar refractivity (Wildman–Crippen MR) is 89.3 cm³/mol. The molecule has 0 spiro atoms. The van der Waals surface area contributed by atoms with Gasteiger partial charge in [0.1, 0.15) is 5.79 Å². The van der Waals surface area contributed by atoms with Gasteiger partial charge in [0.2, 0.25) is 0 Å². The minimum absolute atomic E-state index is 0.0369. The molecule has 0 saturated heterocycles. The summed E-state index contributed by atoms with van der Waals surface area (Å²) in [4.78, 5) is 3.56. The van der Waals surface area contributed by atoms with Gasteiger partial charge in [0, 0.05) is 23.2 Å². The fraction of sp³-hybridized carbons (Fsp3) is 1.00. The van der Waals surface area contributed by atoms with Gasteiger partial charge < -0.3 is 10.3 Å². The summed E-state index contributed by atoms with van der Waals surface area (Å²) in [5, 5.41) is 11.0. The Kier molecular flexibility index (Phi) is 6.24. The van der Waals surface area contributed by atoms with Crippen molar-refractivity contribution < 1.29 is 0 Å². The SMILES string of the molecule is CC(C)(C)NCC(N[SiH3])(NC(C)(C)C)NC(C)(C)C. The van der Waals surface area contributed by atoms with Crippen LogP contribution in [0.3, 0.4) is 0 Å². The van der Waals surface area contributed by atoms with Crippen LogP contribution < -0.4 is 20.9 Å². The summed E-state index contributed by atoms with van der Waals surface area (Å²) >= 11 is 0. The minimum Gasteiger partial charge on any atom is -0.316 e. The zero-order valence-electron chi connectivity index (χ0n) is 14.7. The Hall–Kier alpha value is 0.0569. The highest BCUT2D eigenvalue weighted by Crippen LogP contribution is 2.12. The van der Waals surface area contributed by atoms with Crippen LogP contribution in [-0.4, -0.2) is 39.4 Å². The molecule has 0 saturated carbocycles. The lowest BCUT2D eigenvalue weighted by Gasteiger charge is -2.46. The smallest absolute Gasteiger partial charge is 0.130 e. The minimum atomic E-state index is -0.282. The van der Waals surface area contributed by atoms with E-state index in [2.05, 4.69) is 83.2 Å². The van der Waals surface area contributed by atoms with Gasteiger partial charge in [-0.15, -0.1) is 0 Å². The second-order valence-corrected chi connectivity index (χ2v) is 9.01. The first-order valence-corrected chi connectivity index (χ1v) is 8.21. The molecule has 4 N–H and O–H groups in total. The van der Waals surface area contributed by atoms with E-state index < -0.39 is 0 Å². The maximum atomic E-state index is 3.70. The lowest BCUT2D eigenvalue weighted by Crippen LogP contribution is -2.77. The Bertz CT molecular complexity index is 255. The van der Waals surface area contributed by atoms with Gasteiger partial charge in [-0.3, -0.25) is 10.6 Å². The van der Waals surface area contributed by atoms with E-state index in [1.165, 1.54) is 0 Å². The molecule has 0 unspecified atom stereocenters. The van der Waals surface area contributed by atoms with Crippen LogP contribution in [0.4, 0.5) is 0 Å². The van der Waals surface area contributed by atoms with Crippen LogP contribution in [0.2, 0.25) is 0 Å². The van der Waals surface area contributed by atoms with Gasteiger partial charge in [0.05, 0.1) is 10.4 Å². The van der Waals surface area contributed by atoms with Crippen molar-refractivity contribution in [2.75, 3.05) is 6.54 Å². The van der Waals surface area contributed by atoms with Crippen LogP contribution in [0.1, 0.15) is 62.3 Å². The first-order chi connectivity index (χ1) is 8.18. The summed E-state index contributed by atoms with van der Waals surface area (Å²) < 4.78 is 0. The Labute approximate surface area is 123 Å². The maximum absolute atomic E-state index is 3.70. The molecule has 0 heterocycles. The second kappa shape index (κ2) is 6.22. The van der Waals surface area contributed by atoms with E-state index in [9.17, 15) is 0 Å². The first-order valence-electron chi connectivity index (χ1n) is 7.21. The Morgan fingerprint density at radius 3 is 1.26 bits per heavy atom. The quantitative estimate of drug-likeness (QED) is 0.444. The van der Waals surface area contributed by atoms with Crippen LogP contribution in [0.25, 0.3) is 0 Å². The van der Waals surface area contributed by atoms with Gasteiger partial charge >= 0.3 is 0 Å². The lowest BCUT2D eigenvalue weighted by molar-refractivity contribution is 0.127. The van der Waals surface area contributed by atoms with Crippen molar-refractivity contribution in [3.8, 4) is 0 Å². The molecular weight excluding hydrogens is 252 g/mol. The molecule has 0 atom stereocenters. The summed E-state index contributed by atoms with van der Waals surface area (Å²) in [6.07, 6.45) is 0. The largest absolute Gasteiger partial charge is 0.316 e. The maximum Gasteiger partial charge on any atom is 0.130 e. The fourth-order valence-corrected chi connectivity index (χ4v) is 2.44. The third-order valence-corrected chi connectivity index (χ3v) is 3.34. The molecule has 0 radical (unpaired) electrons. The molecule has 0 aliphatic heterocycles. The van der Waals surface area contributed by atoms with Crippen molar-refractivity contribution in [3.63, 3.8) is 0 Å². The summed E-state index contributed by atoms with van der Waals surface area (Å²) in [6.45, 7) is 20.6. The molecule has 0 aromatic heterocycles. The van der Waals surface area contributed by atoms with E-state index in [0.29, 0.717) is 0 Å². The summed E-state index contributed by atoms with van der Waals surface area (Å²) in [5.41, 5.74) is 0.174. The van der Waals surface area contributed by atoms with Gasteiger partial charge in [0.25, 0.3) is 0 Å². The molecule has 0 aromatic rings. The third kappa shape index (κ3) is 9.57. The van der Waals surface area contributed by atoms with Crippen molar-refractivity contribution in [2.24, 2.45) is 0 Å². The van der Waals surface area contributed by atoms with Crippen molar-refractivity contribution in [3.05, 3.63) is 0 Å². The van der Waals surface area contributed by atoms with E-state index in [0.717, 1.165) is 16.9 Å². The van der Waals surface area contributed by atoms with Crippen LogP contribution in [0, 0.1) is 0 Å². The van der Waals surface area contributed by atoms with Crippen molar-refractivity contribution in [1.29, 1.82) is 0 Å². The monoisotopic (exact) mass is 288 g/mol. The molecule has 0 aromatic carbocycles. The molecular formula is C14H36N4Si. The highest BCUT2D eigenvalue weighted by atomic mass is 28.2. The second-order valence-electron chi connectivity index (χ2n) is 8.51. The number of hydrogen-bond donors (Lipinski definition) is 4. The summed E-state index contributed by atoms with van der Waals surface area (Å²) in [6, 6.07) is 0. The van der Waals surface area contributed by atoms with Crippen molar-refractivity contribution >= 4 is 10.4 Å².